The van der Waals surface area contributed by atoms with Crippen molar-refractivity contribution >= 4 is 18.4 Å². The summed E-state index contributed by atoms with van der Waals surface area (Å²) in [5, 5.41) is 17.7. The van der Waals surface area contributed by atoms with Crippen LogP contribution in [0.2, 0.25) is 0 Å². The monoisotopic (exact) mass is 188 g/mol. The Hall–Kier alpha value is -1.22. The predicted octanol–water partition coefficient (Wildman–Crippen LogP) is 1.82. The molecule has 0 aliphatic heterocycles. The van der Waals surface area contributed by atoms with Crippen LogP contribution < -0.4 is 0 Å². The van der Waals surface area contributed by atoms with Gasteiger partial charge in [-0.05, 0) is 18.6 Å². The maximum absolute atomic E-state index is 10.4. The van der Waals surface area contributed by atoms with E-state index >= 15 is 0 Å². The Labute approximate surface area is 76.1 Å². The molecular formula is C8H9ClO3. The Bertz CT molecular complexity index is 296. The molecule has 0 aliphatic carbocycles. The normalized spacial score (nSPS) is 8.75. The molecule has 0 aliphatic rings. The van der Waals surface area contributed by atoms with Crippen molar-refractivity contribution in [1.29, 1.82) is 0 Å². The first-order chi connectivity index (χ1) is 5.13. The molecule has 0 aromatic heterocycles. The van der Waals surface area contributed by atoms with Crippen LogP contribution in [0, 0.1) is 6.92 Å². The molecule has 0 unspecified atom stereocenters. The van der Waals surface area contributed by atoms with Gasteiger partial charge in [-0.25, -0.2) is 4.79 Å². The molecule has 0 saturated heterocycles. The molecule has 2 N–H and O–H groups in total. The van der Waals surface area contributed by atoms with E-state index in [4.69, 9.17) is 5.11 Å². The number of halogens is 1. The highest BCUT2D eigenvalue weighted by molar-refractivity contribution is 5.91. The molecule has 1 aromatic rings. The van der Waals surface area contributed by atoms with Crippen molar-refractivity contribution in [3.63, 3.8) is 0 Å². The number of rotatable bonds is 1. The molecule has 66 valence electrons. The highest BCUT2D eigenvalue weighted by Crippen LogP contribution is 2.20. The highest BCUT2D eigenvalue weighted by atomic mass is 35.5. The van der Waals surface area contributed by atoms with Gasteiger partial charge in [-0.1, -0.05) is 12.1 Å². The van der Waals surface area contributed by atoms with Crippen LogP contribution in [0.5, 0.6) is 5.75 Å². The van der Waals surface area contributed by atoms with E-state index in [9.17, 15) is 9.90 Å². The first kappa shape index (κ1) is 10.8. The first-order valence-corrected chi connectivity index (χ1v) is 3.15. The summed E-state index contributed by atoms with van der Waals surface area (Å²) < 4.78 is 0. The Morgan fingerprint density at radius 2 is 2.00 bits per heavy atom. The van der Waals surface area contributed by atoms with Crippen molar-refractivity contribution in [2.45, 2.75) is 6.92 Å². The summed E-state index contributed by atoms with van der Waals surface area (Å²) in [6.07, 6.45) is 0. The van der Waals surface area contributed by atoms with Crippen LogP contribution in [0.4, 0.5) is 0 Å². The van der Waals surface area contributed by atoms with Crippen molar-refractivity contribution in [2.75, 3.05) is 0 Å². The molecule has 0 bridgehead atoms. The SMILES string of the molecule is Cc1cccc(C(=O)O)c1O.Cl. The summed E-state index contributed by atoms with van der Waals surface area (Å²) >= 11 is 0. The van der Waals surface area contributed by atoms with E-state index in [1.807, 2.05) is 0 Å². The summed E-state index contributed by atoms with van der Waals surface area (Å²) in [5.41, 5.74) is 0.523. The van der Waals surface area contributed by atoms with Crippen LogP contribution in [0.1, 0.15) is 15.9 Å². The Balaban J connectivity index is 0.00000121. The van der Waals surface area contributed by atoms with Crippen LogP contribution in [0.15, 0.2) is 18.2 Å². The van der Waals surface area contributed by atoms with Gasteiger partial charge in [-0.3, -0.25) is 0 Å². The molecule has 0 amide bonds. The van der Waals surface area contributed by atoms with Gasteiger partial charge >= 0.3 is 5.97 Å². The van der Waals surface area contributed by atoms with Gasteiger partial charge in [0, 0.05) is 0 Å². The van der Waals surface area contributed by atoms with E-state index in [-0.39, 0.29) is 23.7 Å². The fraction of sp³-hybridized carbons (Fsp3) is 0.125. The Kier molecular flexibility index (Phi) is 3.57. The third-order valence-corrected chi connectivity index (χ3v) is 1.47. The number of para-hydroxylation sites is 1. The lowest BCUT2D eigenvalue weighted by atomic mass is 10.1. The maximum atomic E-state index is 10.4. The number of carboxylic acid groups (broad SMARTS) is 1. The predicted molar refractivity (Wildman–Crippen MR) is 47.1 cm³/mol. The van der Waals surface area contributed by atoms with Crippen LogP contribution in [0.25, 0.3) is 0 Å². The number of carboxylic acids is 1. The van der Waals surface area contributed by atoms with Crippen molar-refractivity contribution in [1.82, 2.24) is 0 Å². The number of aromatic hydroxyl groups is 1. The van der Waals surface area contributed by atoms with Crippen LogP contribution in [0.3, 0.4) is 0 Å². The van der Waals surface area contributed by atoms with Gasteiger partial charge in [-0.15, -0.1) is 12.4 Å². The fourth-order valence-corrected chi connectivity index (χ4v) is 0.832. The van der Waals surface area contributed by atoms with Crippen LogP contribution in [-0.2, 0) is 0 Å². The average Bonchev–Trinajstić information content (AvgIpc) is 1.94. The minimum absolute atomic E-state index is 0. The Morgan fingerprint density at radius 1 is 1.42 bits per heavy atom. The second kappa shape index (κ2) is 3.97. The van der Waals surface area contributed by atoms with E-state index in [2.05, 4.69) is 0 Å². The summed E-state index contributed by atoms with van der Waals surface area (Å²) in [7, 11) is 0. The average molecular weight is 189 g/mol. The molecule has 0 spiro atoms. The van der Waals surface area contributed by atoms with Crippen molar-refractivity contribution in [2.24, 2.45) is 0 Å². The number of phenols is 1. The minimum Gasteiger partial charge on any atom is -0.507 e. The van der Waals surface area contributed by atoms with Crippen LogP contribution >= 0.6 is 12.4 Å². The van der Waals surface area contributed by atoms with Crippen molar-refractivity contribution < 1.29 is 15.0 Å². The van der Waals surface area contributed by atoms with Gasteiger partial charge in [0.1, 0.15) is 11.3 Å². The van der Waals surface area contributed by atoms with Gasteiger partial charge in [0.05, 0.1) is 0 Å². The molecular weight excluding hydrogens is 180 g/mol. The van der Waals surface area contributed by atoms with Crippen LogP contribution in [-0.4, -0.2) is 16.2 Å². The van der Waals surface area contributed by atoms with E-state index in [0.29, 0.717) is 5.56 Å². The highest BCUT2D eigenvalue weighted by Gasteiger charge is 2.09. The summed E-state index contributed by atoms with van der Waals surface area (Å²) in [5.74, 6) is -1.26. The van der Waals surface area contributed by atoms with Gasteiger partial charge < -0.3 is 10.2 Å². The molecule has 0 radical (unpaired) electrons. The molecule has 0 fully saturated rings. The zero-order valence-corrected chi connectivity index (χ0v) is 7.26. The summed E-state index contributed by atoms with van der Waals surface area (Å²) in [4.78, 5) is 10.4. The number of aryl methyl sites for hydroxylation is 1. The molecule has 0 heterocycles. The largest absolute Gasteiger partial charge is 0.507 e. The number of aromatic carboxylic acids is 1. The van der Waals surface area contributed by atoms with E-state index in [1.165, 1.54) is 6.07 Å². The van der Waals surface area contributed by atoms with Gasteiger partial charge in [0.25, 0.3) is 0 Å². The molecule has 3 nitrogen and oxygen atoms in total. The summed E-state index contributed by atoms with van der Waals surface area (Å²) in [6.45, 7) is 1.65. The van der Waals surface area contributed by atoms with Gasteiger partial charge in [0.2, 0.25) is 0 Å². The van der Waals surface area contributed by atoms with E-state index < -0.39 is 5.97 Å². The zero-order chi connectivity index (χ0) is 8.43. The van der Waals surface area contributed by atoms with Gasteiger partial charge in [-0.2, -0.15) is 0 Å². The molecule has 12 heavy (non-hydrogen) atoms. The standard InChI is InChI=1S/C8H8O3.ClH/c1-5-3-2-4-6(7(5)9)8(10)11;/h2-4,9H,1H3,(H,10,11);1H. The molecule has 1 aromatic carbocycles. The Morgan fingerprint density at radius 3 is 2.42 bits per heavy atom. The number of carbonyl (C=O) groups is 1. The first-order valence-electron chi connectivity index (χ1n) is 3.15. The van der Waals surface area contributed by atoms with E-state index in [0.717, 1.165) is 0 Å². The third-order valence-electron chi connectivity index (χ3n) is 1.47. The topological polar surface area (TPSA) is 57.5 Å². The maximum Gasteiger partial charge on any atom is 0.339 e. The number of benzene rings is 1. The molecule has 0 saturated carbocycles. The second-order valence-corrected chi connectivity index (χ2v) is 2.28. The molecule has 4 heteroatoms. The smallest absolute Gasteiger partial charge is 0.339 e. The lowest BCUT2D eigenvalue weighted by Crippen LogP contribution is -1.96. The minimum atomic E-state index is -1.11. The number of hydrogen-bond donors (Lipinski definition) is 2. The number of hydrogen-bond acceptors (Lipinski definition) is 2. The van der Waals surface area contributed by atoms with Crippen molar-refractivity contribution in [3.8, 4) is 5.75 Å². The summed E-state index contributed by atoms with van der Waals surface area (Å²) in [6, 6.07) is 4.62. The molecule has 0 atom stereocenters. The quantitative estimate of drug-likeness (QED) is 0.707. The second-order valence-electron chi connectivity index (χ2n) is 2.28. The van der Waals surface area contributed by atoms with Crippen molar-refractivity contribution in [3.05, 3.63) is 29.3 Å². The zero-order valence-electron chi connectivity index (χ0n) is 6.44. The van der Waals surface area contributed by atoms with E-state index in [1.54, 1.807) is 19.1 Å². The lowest BCUT2D eigenvalue weighted by molar-refractivity contribution is 0.0693. The lowest BCUT2D eigenvalue weighted by Gasteiger charge is -2.00. The molecule has 1 rings (SSSR count). The third kappa shape index (κ3) is 1.89. The van der Waals surface area contributed by atoms with Gasteiger partial charge in [0.15, 0.2) is 0 Å². The fourth-order valence-electron chi connectivity index (χ4n) is 0.832.